The lowest BCUT2D eigenvalue weighted by atomic mass is 10.1. The topological polar surface area (TPSA) is 35.5 Å². The van der Waals surface area contributed by atoms with E-state index < -0.39 is 0 Å². The standard InChI is InChI=1S/C13H15ClO3/c1-9(15)11-2-3-13(12(14)6-11)17-8-10-4-5-16-7-10/h2-3,6,10H,4-5,7-8H2,1H3. The molecule has 17 heavy (non-hydrogen) atoms. The van der Waals surface area contributed by atoms with Crippen LogP contribution in [0.2, 0.25) is 5.02 Å². The Morgan fingerprint density at radius 2 is 2.41 bits per heavy atom. The molecule has 0 aliphatic carbocycles. The second-order valence-corrected chi connectivity index (χ2v) is 4.65. The van der Waals surface area contributed by atoms with E-state index in [1.807, 2.05) is 0 Å². The third-order valence-corrected chi connectivity index (χ3v) is 3.13. The van der Waals surface area contributed by atoms with Crippen molar-refractivity contribution in [3.8, 4) is 5.75 Å². The highest BCUT2D eigenvalue weighted by atomic mass is 35.5. The SMILES string of the molecule is CC(=O)c1ccc(OCC2CCOC2)c(Cl)c1. The molecule has 0 spiro atoms. The molecular weight excluding hydrogens is 240 g/mol. The molecular formula is C13H15ClO3. The lowest BCUT2D eigenvalue weighted by molar-refractivity contribution is 0.101. The summed E-state index contributed by atoms with van der Waals surface area (Å²) in [6, 6.07) is 5.12. The van der Waals surface area contributed by atoms with E-state index in [9.17, 15) is 4.79 Å². The van der Waals surface area contributed by atoms with Gasteiger partial charge in [-0.2, -0.15) is 0 Å². The van der Waals surface area contributed by atoms with E-state index in [2.05, 4.69) is 0 Å². The maximum Gasteiger partial charge on any atom is 0.159 e. The fourth-order valence-corrected chi connectivity index (χ4v) is 1.99. The first-order chi connectivity index (χ1) is 8.16. The Kier molecular flexibility index (Phi) is 4.02. The van der Waals surface area contributed by atoms with Gasteiger partial charge in [0.2, 0.25) is 0 Å². The normalized spacial score (nSPS) is 19.3. The smallest absolute Gasteiger partial charge is 0.159 e. The van der Waals surface area contributed by atoms with Crippen molar-refractivity contribution in [2.45, 2.75) is 13.3 Å². The van der Waals surface area contributed by atoms with Gasteiger partial charge < -0.3 is 9.47 Å². The van der Waals surface area contributed by atoms with Crippen molar-refractivity contribution < 1.29 is 14.3 Å². The molecule has 0 N–H and O–H groups in total. The molecule has 0 bridgehead atoms. The number of hydrogen-bond donors (Lipinski definition) is 0. The van der Waals surface area contributed by atoms with Gasteiger partial charge in [0.1, 0.15) is 5.75 Å². The van der Waals surface area contributed by atoms with Gasteiger partial charge in [0, 0.05) is 18.1 Å². The van der Waals surface area contributed by atoms with Crippen LogP contribution in [-0.4, -0.2) is 25.6 Å². The zero-order chi connectivity index (χ0) is 12.3. The van der Waals surface area contributed by atoms with Crippen LogP contribution in [0, 0.1) is 5.92 Å². The molecule has 3 nitrogen and oxygen atoms in total. The number of halogens is 1. The molecule has 1 atom stereocenters. The maximum absolute atomic E-state index is 11.2. The van der Waals surface area contributed by atoms with Gasteiger partial charge in [0.05, 0.1) is 18.2 Å². The molecule has 1 aliphatic rings. The monoisotopic (exact) mass is 254 g/mol. The quantitative estimate of drug-likeness (QED) is 0.775. The average Bonchev–Trinajstić information content (AvgIpc) is 2.80. The van der Waals surface area contributed by atoms with E-state index in [0.29, 0.717) is 28.9 Å². The molecule has 1 aliphatic heterocycles. The fourth-order valence-electron chi connectivity index (χ4n) is 1.76. The first kappa shape index (κ1) is 12.4. The van der Waals surface area contributed by atoms with E-state index >= 15 is 0 Å². The van der Waals surface area contributed by atoms with Gasteiger partial charge in [-0.3, -0.25) is 4.79 Å². The van der Waals surface area contributed by atoms with Gasteiger partial charge in [-0.1, -0.05) is 11.6 Å². The van der Waals surface area contributed by atoms with Crippen molar-refractivity contribution >= 4 is 17.4 Å². The molecule has 92 valence electrons. The van der Waals surface area contributed by atoms with Gasteiger partial charge in [-0.15, -0.1) is 0 Å². The molecule has 2 rings (SSSR count). The lowest BCUT2D eigenvalue weighted by Gasteiger charge is -2.11. The first-order valence-electron chi connectivity index (χ1n) is 5.68. The first-order valence-corrected chi connectivity index (χ1v) is 6.05. The number of carbonyl (C=O) groups excluding carboxylic acids is 1. The molecule has 0 aromatic heterocycles. The second-order valence-electron chi connectivity index (χ2n) is 4.24. The zero-order valence-electron chi connectivity index (χ0n) is 9.74. The van der Waals surface area contributed by atoms with Gasteiger partial charge >= 0.3 is 0 Å². The third-order valence-electron chi connectivity index (χ3n) is 2.84. The minimum absolute atomic E-state index is 0.00245. The molecule has 1 fully saturated rings. The minimum atomic E-state index is 0.00245. The van der Waals surface area contributed by atoms with Crippen LogP contribution < -0.4 is 4.74 Å². The summed E-state index contributed by atoms with van der Waals surface area (Å²) >= 11 is 6.05. The zero-order valence-corrected chi connectivity index (χ0v) is 10.5. The number of rotatable bonds is 4. The summed E-state index contributed by atoms with van der Waals surface area (Å²) in [7, 11) is 0. The average molecular weight is 255 g/mol. The number of ether oxygens (including phenoxy) is 2. The summed E-state index contributed by atoms with van der Waals surface area (Å²) in [5, 5.41) is 0.483. The van der Waals surface area contributed by atoms with Crippen LogP contribution in [0.25, 0.3) is 0 Å². The summed E-state index contributed by atoms with van der Waals surface area (Å²) in [6.07, 6.45) is 1.03. The van der Waals surface area contributed by atoms with Crippen LogP contribution in [-0.2, 0) is 4.74 Å². The van der Waals surface area contributed by atoms with Crippen LogP contribution in [0.5, 0.6) is 5.75 Å². The molecule has 0 radical (unpaired) electrons. The van der Waals surface area contributed by atoms with Crippen LogP contribution in [0.3, 0.4) is 0 Å². The highest BCUT2D eigenvalue weighted by Gasteiger charge is 2.17. The molecule has 1 aromatic carbocycles. The van der Waals surface area contributed by atoms with Crippen LogP contribution >= 0.6 is 11.6 Å². The van der Waals surface area contributed by atoms with E-state index in [1.165, 1.54) is 6.92 Å². The molecule has 1 saturated heterocycles. The third kappa shape index (κ3) is 3.20. The van der Waals surface area contributed by atoms with Crippen molar-refractivity contribution in [2.75, 3.05) is 19.8 Å². The Hall–Kier alpha value is -1.06. The highest BCUT2D eigenvalue weighted by molar-refractivity contribution is 6.32. The van der Waals surface area contributed by atoms with Crippen molar-refractivity contribution in [1.82, 2.24) is 0 Å². The van der Waals surface area contributed by atoms with Crippen LogP contribution in [0.4, 0.5) is 0 Å². The number of Topliss-reactive ketones (excluding diaryl/α,β-unsaturated/α-hetero) is 1. The van der Waals surface area contributed by atoms with Crippen molar-refractivity contribution in [3.63, 3.8) is 0 Å². The van der Waals surface area contributed by atoms with Crippen molar-refractivity contribution in [3.05, 3.63) is 28.8 Å². The number of benzene rings is 1. The Labute approximate surface area is 106 Å². The second kappa shape index (κ2) is 5.52. The predicted molar refractivity (Wildman–Crippen MR) is 65.9 cm³/mol. The highest BCUT2D eigenvalue weighted by Crippen LogP contribution is 2.26. The van der Waals surface area contributed by atoms with Gasteiger partial charge in [-0.05, 0) is 31.5 Å². The predicted octanol–water partition coefficient (Wildman–Crippen LogP) is 2.96. The number of carbonyl (C=O) groups is 1. The molecule has 1 heterocycles. The lowest BCUT2D eigenvalue weighted by Crippen LogP contribution is -2.11. The molecule has 1 aromatic rings. The fraction of sp³-hybridized carbons (Fsp3) is 0.462. The van der Waals surface area contributed by atoms with Crippen LogP contribution in [0.1, 0.15) is 23.7 Å². The Bertz CT molecular complexity index is 411. The molecule has 0 amide bonds. The summed E-state index contributed by atoms with van der Waals surface area (Å²) in [5.74, 6) is 1.07. The van der Waals surface area contributed by atoms with Crippen LogP contribution in [0.15, 0.2) is 18.2 Å². The Morgan fingerprint density at radius 3 is 3.00 bits per heavy atom. The van der Waals surface area contributed by atoms with E-state index in [-0.39, 0.29) is 5.78 Å². The van der Waals surface area contributed by atoms with E-state index in [0.717, 1.165) is 19.6 Å². The largest absolute Gasteiger partial charge is 0.492 e. The summed E-state index contributed by atoms with van der Waals surface area (Å²) in [5.41, 5.74) is 0.603. The number of hydrogen-bond acceptors (Lipinski definition) is 3. The Morgan fingerprint density at radius 1 is 1.59 bits per heavy atom. The Balaban J connectivity index is 1.98. The van der Waals surface area contributed by atoms with Gasteiger partial charge in [0.25, 0.3) is 0 Å². The number of ketones is 1. The van der Waals surface area contributed by atoms with Crippen molar-refractivity contribution in [1.29, 1.82) is 0 Å². The summed E-state index contributed by atoms with van der Waals surface area (Å²) in [4.78, 5) is 11.2. The van der Waals surface area contributed by atoms with Gasteiger partial charge in [-0.25, -0.2) is 0 Å². The molecule has 1 unspecified atom stereocenters. The van der Waals surface area contributed by atoms with E-state index in [1.54, 1.807) is 18.2 Å². The summed E-state index contributed by atoms with van der Waals surface area (Å²) < 4.78 is 10.9. The maximum atomic E-state index is 11.2. The molecule has 4 heteroatoms. The molecule has 0 saturated carbocycles. The van der Waals surface area contributed by atoms with Crippen molar-refractivity contribution in [2.24, 2.45) is 5.92 Å². The van der Waals surface area contributed by atoms with Gasteiger partial charge in [0.15, 0.2) is 5.78 Å². The van der Waals surface area contributed by atoms with E-state index in [4.69, 9.17) is 21.1 Å². The minimum Gasteiger partial charge on any atom is -0.492 e. The summed E-state index contributed by atoms with van der Waals surface area (Å²) in [6.45, 7) is 3.69.